The number of nitrogens with one attached hydrogen (secondary N) is 1. The van der Waals surface area contributed by atoms with Gasteiger partial charge < -0.3 is 15.0 Å². The predicted molar refractivity (Wildman–Crippen MR) is 102 cm³/mol. The minimum absolute atomic E-state index is 0.0111. The van der Waals surface area contributed by atoms with Crippen LogP contribution < -0.4 is 10.1 Å². The summed E-state index contributed by atoms with van der Waals surface area (Å²) in [6, 6.07) is 10.8. The Bertz CT molecular complexity index is 828. The zero-order valence-electron chi connectivity index (χ0n) is 15.5. The van der Waals surface area contributed by atoms with Crippen molar-refractivity contribution >= 4 is 17.5 Å². The van der Waals surface area contributed by atoms with Gasteiger partial charge in [0.15, 0.2) is 11.6 Å². The first-order valence-electron chi connectivity index (χ1n) is 9.02. The van der Waals surface area contributed by atoms with E-state index in [1.54, 1.807) is 24.3 Å². The zero-order valence-corrected chi connectivity index (χ0v) is 15.5. The molecule has 2 amide bonds. The zero-order chi connectivity index (χ0) is 19.4. The lowest BCUT2D eigenvalue weighted by Crippen LogP contribution is -2.37. The van der Waals surface area contributed by atoms with Gasteiger partial charge in [0, 0.05) is 29.9 Å². The molecule has 1 fully saturated rings. The molecule has 0 spiro atoms. The Hall–Kier alpha value is -2.89. The lowest BCUT2D eigenvalue weighted by atomic mass is 9.98. The first-order chi connectivity index (χ1) is 13.0. The van der Waals surface area contributed by atoms with Crippen molar-refractivity contribution in [3.63, 3.8) is 0 Å². The number of nitrogens with zero attached hydrogens (tertiary/aromatic N) is 1. The Morgan fingerprint density at radius 3 is 2.30 bits per heavy atom. The molecule has 0 atom stereocenters. The third-order valence-electron chi connectivity index (χ3n) is 4.87. The van der Waals surface area contributed by atoms with Crippen LogP contribution in [-0.4, -0.2) is 36.9 Å². The summed E-state index contributed by atoms with van der Waals surface area (Å²) >= 11 is 0. The van der Waals surface area contributed by atoms with E-state index in [4.69, 9.17) is 4.74 Å². The predicted octanol–water partition coefficient (Wildman–Crippen LogP) is 3.96. The Balaban J connectivity index is 1.64. The number of benzene rings is 2. The van der Waals surface area contributed by atoms with E-state index in [9.17, 15) is 14.0 Å². The second-order valence-electron chi connectivity index (χ2n) is 6.86. The van der Waals surface area contributed by atoms with Crippen LogP contribution in [0.15, 0.2) is 42.5 Å². The molecule has 0 saturated carbocycles. The van der Waals surface area contributed by atoms with Crippen molar-refractivity contribution in [2.24, 2.45) is 5.92 Å². The third-order valence-corrected chi connectivity index (χ3v) is 4.87. The smallest absolute Gasteiger partial charge is 0.255 e. The summed E-state index contributed by atoms with van der Waals surface area (Å²) in [4.78, 5) is 26.7. The molecule has 1 aliphatic heterocycles. The van der Waals surface area contributed by atoms with E-state index in [1.165, 1.54) is 19.2 Å². The van der Waals surface area contributed by atoms with Crippen LogP contribution in [0.2, 0.25) is 0 Å². The highest BCUT2D eigenvalue weighted by Crippen LogP contribution is 2.21. The molecule has 6 heteroatoms. The molecule has 27 heavy (non-hydrogen) atoms. The van der Waals surface area contributed by atoms with Crippen LogP contribution in [0.3, 0.4) is 0 Å². The standard InChI is InChI=1S/C21H23FN2O3/c1-14-9-11-24(12-10-14)21(26)15-3-6-17(7-4-15)23-20(25)16-5-8-19(27-2)18(22)13-16/h3-8,13-14H,9-12H2,1-2H3,(H,23,25). The molecule has 0 aliphatic carbocycles. The number of likely N-dealkylation sites (tertiary alicyclic amines) is 1. The van der Waals surface area contributed by atoms with Gasteiger partial charge in [-0.05, 0) is 61.2 Å². The van der Waals surface area contributed by atoms with Gasteiger partial charge in [-0.3, -0.25) is 9.59 Å². The van der Waals surface area contributed by atoms with Crippen molar-refractivity contribution in [2.75, 3.05) is 25.5 Å². The molecular weight excluding hydrogens is 347 g/mol. The number of piperidine rings is 1. The van der Waals surface area contributed by atoms with Crippen LogP contribution >= 0.6 is 0 Å². The van der Waals surface area contributed by atoms with E-state index in [2.05, 4.69) is 12.2 Å². The topological polar surface area (TPSA) is 58.6 Å². The average molecular weight is 370 g/mol. The van der Waals surface area contributed by atoms with Crippen molar-refractivity contribution in [1.82, 2.24) is 4.90 Å². The highest BCUT2D eigenvalue weighted by atomic mass is 19.1. The summed E-state index contributed by atoms with van der Waals surface area (Å²) in [6.07, 6.45) is 2.05. The molecule has 1 saturated heterocycles. The summed E-state index contributed by atoms with van der Waals surface area (Å²) in [7, 11) is 1.37. The fourth-order valence-electron chi connectivity index (χ4n) is 3.10. The van der Waals surface area contributed by atoms with E-state index in [0.717, 1.165) is 32.0 Å². The highest BCUT2D eigenvalue weighted by molar-refractivity contribution is 6.04. The van der Waals surface area contributed by atoms with Crippen LogP contribution in [0.25, 0.3) is 0 Å². The molecule has 2 aromatic carbocycles. The Kier molecular flexibility index (Phi) is 5.74. The molecule has 2 aromatic rings. The van der Waals surface area contributed by atoms with E-state index < -0.39 is 11.7 Å². The molecule has 0 bridgehead atoms. The molecule has 142 valence electrons. The van der Waals surface area contributed by atoms with Gasteiger partial charge in [0.2, 0.25) is 0 Å². The quantitative estimate of drug-likeness (QED) is 0.886. The number of carbonyl (C=O) groups is 2. The monoisotopic (exact) mass is 370 g/mol. The van der Waals surface area contributed by atoms with Gasteiger partial charge >= 0.3 is 0 Å². The first-order valence-corrected chi connectivity index (χ1v) is 9.02. The van der Waals surface area contributed by atoms with Crippen LogP contribution in [0, 0.1) is 11.7 Å². The third kappa shape index (κ3) is 4.45. The minimum Gasteiger partial charge on any atom is -0.494 e. The number of hydrogen-bond donors (Lipinski definition) is 1. The van der Waals surface area contributed by atoms with Crippen molar-refractivity contribution in [3.8, 4) is 5.75 Å². The molecule has 3 rings (SSSR count). The number of ether oxygens (including phenoxy) is 1. The number of methoxy groups -OCH3 is 1. The fraction of sp³-hybridized carbons (Fsp3) is 0.333. The van der Waals surface area contributed by atoms with Gasteiger partial charge in [0.05, 0.1) is 7.11 Å². The summed E-state index contributed by atoms with van der Waals surface area (Å²) < 4.78 is 18.6. The van der Waals surface area contributed by atoms with E-state index in [0.29, 0.717) is 17.2 Å². The second-order valence-corrected chi connectivity index (χ2v) is 6.86. The van der Waals surface area contributed by atoms with E-state index >= 15 is 0 Å². The number of anilines is 1. The Morgan fingerprint density at radius 2 is 1.70 bits per heavy atom. The Labute approximate surface area is 158 Å². The highest BCUT2D eigenvalue weighted by Gasteiger charge is 2.21. The fourth-order valence-corrected chi connectivity index (χ4v) is 3.10. The van der Waals surface area contributed by atoms with Crippen molar-refractivity contribution in [1.29, 1.82) is 0 Å². The number of hydrogen-bond acceptors (Lipinski definition) is 3. The van der Waals surface area contributed by atoms with E-state index in [-0.39, 0.29) is 17.2 Å². The summed E-state index contributed by atoms with van der Waals surface area (Å²) in [6.45, 7) is 3.76. The second kappa shape index (κ2) is 8.20. The normalized spacial score (nSPS) is 14.7. The molecular formula is C21H23FN2O3. The Morgan fingerprint density at radius 1 is 1.07 bits per heavy atom. The van der Waals surface area contributed by atoms with Gasteiger partial charge in [-0.1, -0.05) is 6.92 Å². The molecule has 0 aromatic heterocycles. The van der Waals surface area contributed by atoms with Crippen LogP contribution in [0.5, 0.6) is 5.75 Å². The lowest BCUT2D eigenvalue weighted by Gasteiger charge is -2.30. The lowest BCUT2D eigenvalue weighted by molar-refractivity contribution is 0.0697. The van der Waals surface area contributed by atoms with Crippen LogP contribution in [0.1, 0.15) is 40.5 Å². The van der Waals surface area contributed by atoms with Gasteiger partial charge in [0.1, 0.15) is 0 Å². The molecule has 0 unspecified atom stereocenters. The number of amides is 2. The average Bonchev–Trinajstić information content (AvgIpc) is 2.68. The number of carbonyl (C=O) groups excluding carboxylic acids is 2. The molecule has 1 aliphatic rings. The maximum atomic E-state index is 13.7. The summed E-state index contributed by atoms with van der Waals surface area (Å²) in [5.74, 6) is -0.268. The van der Waals surface area contributed by atoms with Crippen molar-refractivity contribution < 1.29 is 18.7 Å². The molecule has 0 radical (unpaired) electrons. The molecule has 1 N–H and O–H groups in total. The van der Waals surface area contributed by atoms with Crippen LogP contribution in [0.4, 0.5) is 10.1 Å². The SMILES string of the molecule is COc1ccc(C(=O)Nc2ccc(C(=O)N3CCC(C)CC3)cc2)cc1F. The minimum atomic E-state index is -0.595. The van der Waals surface area contributed by atoms with Crippen molar-refractivity contribution in [3.05, 3.63) is 59.4 Å². The van der Waals surface area contributed by atoms with Gasteiger partial charge in [0.25, 0.3) is 11.8 Å². The molecule has 5 nitrogen and oxygen atoms in total. The maximum Gasteiger partial charge on any atom is 0.255 e. The van der Waals surface area contributed by atoms with Crippen LogP contribution in [-0.2, 0) is 0 Å². The maximum absolute atomic E-state index is 13.7. The number of halogens is 1. The van der Waals surface area contributed by atoms with Gasteiger partial charge in [-0.15, -0.1) is 0 Å². The first kappa shape index (κ1) is 18.9. The summed E-state index contributed by atoms with van der Waals surface area (Å²) in [5.41, 5.74) is 1.33. The summed E-state index contributed by atoms with van der Waals surface area (Å²) in [5, 5.41) is 2.70. The van der Waals surface area contributed by atoms with Gasteiger partial charge in [-0.25, -0.2) is 4.39 Å². The molecule has 1 heterocycles. The van der Waals surface area contributed by atoms with Gasteiger partial charge in [-0.2, -0.15) is 0 Å². The van der Waals surface area contributed by atoms with Crippen molar-refractivity contribution in [2.45, 2.75) is 19.8 Å². The van der Waals surface area contributed by atoms with E-state index in [1.807, 2.05) is 4.90 Å². The largest absolute Gasteiger partial charge is 0.494 e. The number of rotatable bonds is 4.